The third kappa shape index (κ3) is 5.62. The van der Waals surface area contributed by atoms with Crippen LogP contribution in [0.5, 0.6) is 0 Å². The summed E-state index contributed by atoms with van der Waals surface area (Å²) in [6.07, 6.45) is 1.47. The lowest BCUT2D eigenvalue weighted by atomic mass is 10.1. The van der Waals surface area contributed by atoms with Crippen LogP contribution < -0.4 is 5.32 Å². The summed E-state index contributed by atoms with van der Waals surface area (Å²) in [5, 5.41) is 3.20. The molecule has 0 spiro atoms. The van der Waals surface area contributed by atoms with Gasteiger partial charge in [0, 0.05) is 34.7 Å². The SMILES string of the molecule is CC(C)N(C(=O)Cn1cc(S(=O)(=O)CC(=O)NC(C)(C)C)c2ccccc21)C(C)C. The number of amides is 2. The molecule has 2 aromatic rings. The van der Waals surface area contributed by atoms with Gasteiger partial charge in [0.1, 0.15) is 12.3 Å². The maximum atomic E-state index is 13.0. The van der Waals surface area contributed by atoms with E-state index in [2.05, 4.69) is 5.32 Å². The molecule has 1 aromatic carbocycles. The van der Waals surface area contributed by atoms with Crippen molar-refractivity contribution in [3.8, 4) is 0 Å². The van der Waals surface area contributed by atoms with E-state index in [1.165, 1.54) is 6.20 Å². The van der Waals surface area contributed by atoms with Gasteiger partial charge in [-0.1, -0.05) is 18.2 Å². The van der Waals surface area contributed by atoms with Crippen molar-refractivity contribution in [1.82, 2.24) is 14.8 Å². The van der Waals surface area contributed by atoms with Crippen molar-refractivity contribution in [2.45, 2.75) is 77.5 Å². The zero-order valence-corrected chi connectivity index (χ0v) is 19.7. The first-order valence-electron chi connectivity index (χ1n) is 10.2. The van der Waals surface area contributed by atoms with E-state index >= 15 is 0 Å². The molecule has 0 bridgehead atoms. The molecule has 0 saturated heterocycles. The average Bonchev–Trinajstić information content (AvgIpc) is 2.91. The van der Waals surface area contributed by atoms with Gasteiger partial charge in [0.2, 0.25) is 11.8 Å². The number of rotatable bonds is 7. The quantitative estimate of drug-likeness (QED) is 0.724. The summed E-state index contributed by atoms with van der Waals surface area (Å²) in [7, 11) is -3.88. The fourth-order valence-electron chi connectivity index (χ4n) is 3.70. The maximum absolute atomic E-state index is 13.0. The number of benzene rings is 1. The predicted octanol–water partition coefficient (Wildman–Crippen LogP) is 2.98. The van der Waals surface area contributed by atoms with Crippen LogP contribution in [-0.4, -0.2) is 53.1 Å². The lowest BCUT2D eigenvalue weighted by molar-refractivity contribution is -0.135. The summed E-state index contributed by atoms with van der Waals surface area (Å²) in [6.45, 7) is 13.2. The highest BCUT2D eigenvalue weighted by Crippen LogP contribution is 2.27. The van der Waals surface area contributed by atoms with Gasteiger partial charge in [-0.25, -0.2) is 8.42 Å². The standard InChI is InChI=1S/C22H33N3O4S/c1-15(2)25(16(3)4)21(27)13-24-12-19(17-10-8-9-11-18(17)24)30(28,29)14-20(26)23-22(5,6)7/h8-12,15-16H,13-14H2,1-7H3,(H,23,26). The molecule has 7 nitrogen and oxygen atoms in total. The highest BCUT2D eigenvalue weighted by molar-refractivity contribution is 7.92. The third-order valence-corrected chi connectivity index (χ3v) is 6.27. The molecule has 0 aliphatic heterocycles. The number of sulfone groups is 1. The smallest absolute Gasteiger partial charge is 0.242 e. The van der Waals surface area contributed by atoms with Crippen LogP contribution in [0.2, 0.25) is 0 Å². The van der Waals surface area contributed by atoms with Gasteiger partial charge in [-0.3, -0.25) is 9.59 Å². The van der Waals surface area contributed by atoms with Gasteiger partial charge in [0.15, 0.2) is 9.84 Å². The molecule has 2 rings (SSSR count). The van der Waals surface area contributed by atoms with Crippen LogP contribution in [-0.2, 0) is 26.0 Å². The predicted molar refractivity (Wildman–Crippen MR) is 119 cm³/mol. The van der Waals surface area contributed by atoms with E-state index in [0.29, 0.717) is 10.9 Å². The lowest BCUT2D eigenvalue weighted by Crippen LogP contribution is -2.43. The number of hydrogen-bond donors (Lipinski definition) is 1. The summed E-state index contributed by atoms with van der Waals surface area (Å²) >= 11 is 0. The average molecular weight is 436 g/mol. The summed E-state index contributed by atoms with van der Waals surface area (Å²) in [5.74, 6) is -1.28. The van der Waals surface area contributed by atoms with Crippen LogP contribution in [0.1, 0.15) is 48.5 Å². The third-order valence-electron chi connectivity index (χ3n) is 4.63. The van der Waals surface area contributed by atoms with E-state index < -0.39 is 27.0 Å². The Labute approximate surface area is 179 Å². The lowest BCUT2D eigenvalue weighted by Gasteiger charge is -2.31. The number of carbonyl (C=O) groups is 2. The largest absolute Gasteiger partial charge is 0.351 e. The van der Waals surface area contributed by atoms with Crippen molar-refractivity contribution < 1.29 is 18.0 Å². The molecule has 0 unspecified atom stereocenters. The van der Waals surface area contributed by atoms with E-state index in [9.17, 15) is 18.0 Å². The Hall–Kier alpha value is -2.35. The first-order valence-corrected chi connectivity index (χ1v) is 11.8. The first kappa shape index (κ1) is 23.9. The van der Waals surface area contributed by atoms with Crippen LogP contribution in [0.25, 0.3) is 10.9 Å². The Balaban J connectivity index is 2.42. The van der Waals surface area contributed by atoms with E-state index in [1.54, 1.807) is 54.5 Å². The molecular weight excluding hydrogens is 402 g/mol. The summed E-state index contributed by atoms with van der Waals surface area (Å²) in [6, 6.07) is 7.10. The molecule has 1 heterocycles. The summed E-state index contributed by atoms with van der Waals surface area (Å²) < 4.78 is 27.7. The van der Waals surface area contributed by atoms with Crippen LogP contribution >= 0.6 is 0 Å². The molecule has 2 amide bonds. The molecule has 0 radical (unpaired) electrons. The van der Waals surface area contributed by atoms with Gasteiger partial charge >= 0.3 is 0 Å². The molecule has 0 atom stereocenters. The fraction of sp³-hybridized carbons (Fsp3) is 0.545. The molecule has 0 aliphatic rings. The molecular formula is C22H33N3O4S. The highest BCUT2D eigenvalue weighted by Gasteiger charge is 2.27. The summed E-state index contributed by atoms with van der Waals surface area (Å²) in [5.41, 5.74) is 0.123. The zero-order valence-electron chi connectivity index (χ0n) is 18.9. The Kier molecular flexibility index (Phi) is 7.01. The Morgan fingerprint density at radius 1 is 1.07 bits per heavy atom. The number of nitrogens with zero attached hydrogens (tertiary/aromatic N) is 2. The van der Waals surface area contributed by atoms with Crippen molar-refractivity contribution in [1.29, 1.82) is 0 Å². The van der Waals surface area contributed by atoms with E-state index in [-0.39, 0.29) is 29.4 Å². The minimum Gasteiger partial charge on any atom is -0.351 e. The van der Waals surface area contributed by atoms with Crippen molar-refractivity contribution in [3.63, 3.8) is 0 Å². The van der Waals surface area contributed by atoms with Gasteiger partial charge in [-0.05, 0) is 54.5 Å². The monoisotopic (exact) mass is 435 g/mol. The fourth-order valence-corrected chi connectivity index (χ4v) is 5.06. The maximum Gasteiger partial charge on any atom is 0.242 e. The molecule has 1 aromatic heterocycles. The van der Waals surface area contributed by atoms with Crippen molar-refractivity contribution in [2.75, 3.05) is 5.75 Å². The van der Waals surface area contributed by atoms with E-state index in [1.807, 2.05) is 27.7 Å². The normalized spacial score (nSPS) is 12.6. The molecule has 30 heavy (non-hydrogen) atoms. The van der Waals surface area contributed by atoms with Crippen LogP contribution in [0, 0.1) is 0 Å². The topological polar surface area (TPSA) is 88.5 Å². The molecule has 1 N–H and O–H groups in total. The first-order chi connectivity index (χ1) is 13.7. The molecule has 0 saturated carbocycles. The van der Waals surface area contributed by atoms with E-state index in [4.69, 9.17) is 0 Å². The van der Waals surface area contributed by atoms with Gasteiger partial charge in [-0.15, -0.1) is 0 Å². The van der Waals surface area contributed by atoms with Gasteiger partial charge in [0.25, 0.3) is 0 Å². The number of hydrogen-bond acceptors (Lipinski definition) is 4. The van der Waals surface area contributed by atoms with Gasteiger partial charge in [-0.2, -0.15) is 0 Å². The molecule has 0 fully saturated rings. The highest BCUT2D eigenvalue weighted by atomic mass is 32.2. The zero-order chi connectivity index (χ0) is 22.9. The summed E-state index contributed by atoms with van der Waals surface area (Å²) in [4.78, 5) is 27.0. The Morgan fingerprint density at radius 2 is 1.63 bits per heavy atom. The molecule has 8 heteroatoms. The minimum atomic E-state index is -3.88. The van der Waals surface area contributed by atoms with Crippen LogP contribution in [0.4, 0.5) is 0 Å². The molecule has 166 valence electrons. The van der Waals surface area contributed by atoms with E-state index in [0.717, 1.165) is 0 Å². The molecule has 0 aliphatic carbocycles. The number of carbonyl (C=O) groups excluding carboxylic acids is 2. The number of fused-ring (bicyclic) bond motifs is 1. The second kappa shape index (κ2) is 8.79. The van der Waals surface area contributed by atoms with Crippen molar-refractivity contribution >= 4 is 32.6 Å². The minimum absolute atomic E-state index is 0.0284. The van der Waals surface area contributed by atoms with Crippen molar-refractivity contribution in [3.05, 3.63) is 30.5 Å². The number of aromatic nitrogens is 1. The Morgan fingerprint density at radius 3 is 2.17 bits per heavy atom. The van der Waals surface area contributed by atoms with Gasteiger partial charge in [0.05, 0.1) is 4.90 Å². The van der Waals surface area contributed by atoms with Crippen LogP contribution in [0.15, 0.2) is 35.4 Å². The number of nitrogens with one attached hydrogen (secondary N) is 1. The Bertz CT molecular complexity index is 1020. The second-order valence-electron chi connectivity index (χ2n) is 9.18. The van der Waals surface area contributed by atoms with Crippen molar-refractivity contribution in [2.24, 2.45) is 0 Å². The second-order valence-corrected chi connectivity index (χ2v) is 11.1. The van der Waals surface area contributed by atoms with Gasteiger partial charge < -0.3 is 14.8 Å². The van der Waals surface area contributed by atoms with Crippen LogP contribution in [0.3, 0.4) is 0 Å². The number of para-hydroxylation sites is 1.